The van der Waals surface area contributed by atoms with Crippen molar-refractivity contribution in [2.45, 2.75) is 13.8 Å². The lowest BCUT2D eigenvalue weighted by molar-refractivity contribution is 0.102. The van der Waals surface area contributed by atoms with E-state index in [1.54, 1.807) is 29.1 Å². The minimum absolute atomic E-state index is 0.257. The average molecular weight is 372 g/mol. The molecule has 0 saturated carbocycles. The van der Waals surface area contributed by atoms with Gasteiger partial charge in [0.25, 0.3) is 5.91 Å². The number of hydrogen-bond donors (Lipinski definition) is 1. The van der Waals surface area contributed by atoms with Crippen LogP contribution in [0, 0.1) is 13.8 Å². The molecule has 7 heteroatoms. The Morgan fingerprint density at radius 2 is 2.00 bits per heavy atom. The quantitative estimate of drug-likeness (QED) is 0.766. The van der Waals surface area contributed by atoms with Gasteiger partial charge in [-0.15, -0.1) is 10.2 Å². The summed E-state index contributed by atoms with van der Waals surface area (Å²) in [6, 6.07) is 8.98. The summed E-state index contributed by atoms with van der Waals surface area (Å²) >= 11 is 3.43. The predicted octanol–water partition coefficient (Wildman–Crippen LogP) is 3.29. The highest BCUT2D eigenvalue weighted by molar-refractivity contribution is 9.10. The summed E-state index contributed by atoms with van der Waals surface area (Å²) in [4.78, 5) is 16.4. The van der Waals surface area contributed by atoms with E-state index in [9.17, 15) is 4.79 Å². The SMILES string of the molecule is Cc1cc(NC(=O)c2ccc(-n3ccnc3C)nn2)ccc1Br. The second kappa shape index (κ2) is 6.29. The summed E-state index contributed by atoms with van der Waals surface area (Å²) in [5.41, 5.74) is 2.01. The predicted molar refractivity (Wildman–Crippen MR) is 90.7 cm³/mol. The molecule has 0 aliphatic heterocycles. The van der Waals surface area contributed by atoms with Crippen molar-refractivity contribution >= 4 is 27.5 Å². The molecule has 3 aromatic rings. The van der Waals surface area contributed by atoms with Crippen molar-refractivity contribution < 1.29 is 4.79 Å². The van der Waals surface area contributed by atoms with Gasteiger partial charge in [-0.1, -0.05) is 15.9 Å². The summed E-state index contributed by atoms with van der Waals surface area (Å²) in [6.45, 7) is 3.83. The number of aromatic nitrogens is 4. The van der Waals surface area contributed by atoms with Gasteiger partial charge in [-0.05, 0) is 49.7 Å². The topological polar surface area (TPSA) is 72.7 Å². The molecule has 1 aromatic carbocycles. The number of hydrogen-bond acceptors (Lipinski definition) is 4. The Hall–Kier alpha value is -2.54. The van der Waals surface area contributed by atoms with Crippen LogP contribution in [-0.4, -0.2) is 25.7 Å². The van der Waals surface area contributed by atoms with Gasteiger partial charge in [0.2, 0.25) is 0 Å². The standard InChI is InChI=1S/C16H14BrN5O/c1-10-9-12(3-4-13(10)17)19-16(23)14-5-6-15(21-20-14)22-8-7-18-11(22)2/h3-9H,1-2H3,(H,19,23). The summed E-state index contributed by atoms with van der Waals surface area (Å²) in [6.07, 6.45) is 3.48. The molecule has 0 bridgehead atoms. The molecular formula is C16H14BrN5O. The first-order chi connectivity index (χ1) is 11.0. The number of carbonyl (C=O) groups excluding carboxylic acids is 1. The molecule has 2 aromatic heterocycles. The van der Waals surface area contributed by atoms with Gasteiger partial charge in [0.05, 0.1) is 0 Å². The summed E-state index contributed by atoms with van der Waals surface area (Å²) in [5.74, 6) is 1.13. The first-order valence-corrected chi connectivity index (χ1v) is 7.75. The molecule has 0 radical (unpaired) electrons. The monoisotopic (exact) mass is 371 g/mol. The lowest BCUT2D eigenvalue weighted by atomic mass is 10.2. The van der Waals surface area contributed by atoms with E-state index in [0.29, 0.717) is 11.5 Å². The highest BCUT2D eigenvalue weighted by Gasteiger charge is 2.10. The van der Waals surface area contributed by atoms with Gasteiger partial charge in [0, 0.05) is 22.6 Å². The molecule has 0 aliphatic carbocycles. The van der Waals surface area contributed by atoms with E-state index >= 15 is 0 Å². The number of nitrogens with one attached hydrogen (secondary N) is 1. The third kappa shape index (κ3) is 3.29. The zero-order valence-electron chi connectivity index (χ0n) is 12.6. The molecule has 0 saturated heterocycles. The number of nitrogens with zero attached hydrogens (tertiary/aromatic N) is 4. The van der Waals surface area contributed by atoms with Crippen molar-refractivity contribution in [2.75, 3.05) is 5.32 Å². The number of rotatable bonds is 3. The number of halogens is 1. The van der Waals surface area contributed by atoms with Crippen LogP contribution in [-0.2, 0) is 0 Å². The van der Waals surface area contributed by atoms with E-state index in [2.05, 4.69) is 36.4 Å². The molecule has 1 amide bonds. The molecule has 1 N–H and O–H groups in total. The van der Waals surface area contributed by atoms with Crippen LogP contribution in [0.1, 0.15) is 21.9 Å². The van der Waals surface area contributed by atoms with Crippen molar-refractivity contribution in [1.29, 1.82) is 0 Å². The van der Waals surface area contributed by atoms with Gasteiger partial charge in [-0.25, -0.2) is 4.98 Å². The molecule has 116 valence electrons. The van der Waals surface area contributed by atoms with Crippen molar-refractivity contribution in [3.05, 3.63) is 64.3 Å². The van der Waals surface area contributed by atoms with Crippen molar-refractivity contribution in [1.82, 2.24) is 19.7 Å². The van der Waals surface area contributed by atoms with Crippen LogP contribution in [0.15, 0.2) is 47.2 Å². The molecular weight excluding hydrogens is 358 g/mol. The summed E-state index contributed by atoms with van der Waals surface area (Å²) < 4.78 is 2.79. The van der Waals surface area contributed by atoms with Gasteiger partial charge in [-0.2, -0.15) is 0 Å². The van der Waals surface area contributed by atoms with E-state index in [0.717, 1.165) is 15.9 Å². The fourth-order valence-electron chi connectivity index (χ4n) is 2.11. The highest BCUT2D eigenvalue weighted by Crippen LogP contribution is 2.20. The number of imidazole rings is 1. The van der Waals surface area contributed by atoms with E-state index < -0.39 is 0 Å². The Morgan fingerprint density at radius 1 is 1.17 bits per heavy atom. The number of anilines is 1. The number of carbonyl (C=O) groups is 1. The van der Waals surface area contributed by atoms with Crippen LogP contribution in [0.3, 0.4) is 0 Å². The molecule has 6 nitrogen and oxygen atoms in total. The zero-order valence-corrected chi connectivity index (χ0v) is 14.2. The maximum Gasteiger partial charge on any atom is 0.276 e. The Balaban J connectivity index is 1.77. The van der Waals surface area contributed by atoms with E-state index in [1.165, 1.54) is 0 Å². The molecule has 0 atom stereocenters. The van der Waals surface area contributed by atoms with E-state index in [1.807, 2.05) is 32.0 Å². The van der Waals surface area contributed by atoms with Crippen molar-refractivity contribution in [3.63, 3.8) is 0 Å². The van der Waals surface area contributed by atoms with E-state index in [4.69, 9.17) is 0 Å². The average Bonchev–Trinajstić information content (AvgIpc) is 2.97. The maximum absolute atomic E-state index is 12.2. The van der Waals surface area contributed by atoms with Crippen LogP contribution in [0.2, 0.25) is 0 Å². The van der Waals surface area contributed by atoms with Crippen LogP contribution in [0.5, 0.6) is 0 Å². The summed E-state index contributed by atoms with van der Waals surface area (Å²) in [5, 5.41) is 10.9. The lowest BCUT2D eigenvalue weighted by Crippen LogP contribution is -2.15. The maximum atomic E-state index is 12.2. The van der Waals surface area contributed by atoms with Gasteiger partial charge in [0.1, 0.15) is 5.82 Å². The second-order valence-electron chi connectivity index (χ2n) is 5.04. The largest absolute Gasteiger partial charge is 0.321 e. The van der Waals surface area contributed by atoms with Gasteiger partial charge < -0.3 is 5.32 Å². The lowest BCUT2D eigenvalue weighted by Gasteiger charge is -2.07. The van der Waals surface area contributed by atoms with Crippen LogP contribution in [0.25, 0.3) is 5.82 Å². The smallest absolute Gasteiger partial charge is 0.276 e. The molecule has 0 aliphatic rings. The third-order valence-electron chi connectivity index (χ3n) is 3.37. The zero-order chi connectivity index (χ0) is 16.4. The molecule has 0 fully saturated rings. The highest BCUT2D eigenvalue weighted by atomic mass is 79.9. The summed E-state index contributed by atoms with van der Waals surface area (Å²) in [7, 11) is 0. The Bertz CT molecular complexity index is 857. The fourth-order valence-corrected chi connectivity index (χ4v) is 2.36. The molecule has 23 heavy (non-hydrogen) atoms. The number of aryl methyl sites for hydroxylation is 2. The molecule has 2 heterocycles. The van der Waals surface area contributed by atoms with Crippen molar-refractivity contribution in [3.8, 4) is 5.82 Å². The van der Waals surface area contributed by atoms with Crippen molar-refractivity contribution in [2.24, 2.45) is 0 Å². The van der Waals surface area contributed by atoms with Gasteiger partial charge in [-0.3, -0.25) is 9.36 Å². The van der Waals surface area contributed by atoms with Crippen LogP contribution in [0.4, 0.5) is 5.69 Å². The molecule has 0 unspecified atom stereocenters. The van der Waals surface area contributed by atoms with Gasteiger partial charge in [0.15, 0.2) is 11.5 Å². The fraction of sp³-hybridized carbons (Fsp3) is 0.125. The minimum Gasteiger partial charge on any atom is -0.321 e. The van der Waals surface area contributed by atoms with Crippen LogP contribution < -0.4 is 5.32 Å². The third-order valence-corrected chi connectivity index (χ3v) is 4.26. The number of benzene rings is 1. The Labute approximate surface area is 141 Å². The number of amides is 1. The van der Waals surface area contributed by atoms with Gasteiger partial charge >= 0.3 is 0 Å². The van der Waals surface area contributed by atoms with E-state index in [-0.39, 0.29) is 11.6 Å². The Morgan fingerprint density at radius 3 is 2.61 bits per heavy atom. The van der Waals surface area contributed by atoms with Crippen LogP contribution >= 0.6 is 15.9 Å². The first-order valence-electron chi connectivity index (χ1n) is 6.96. The minimum atomic E-state index is -0.298. The normalized spacial score (nSPS) is 10.6. The molecule has 3 rings (SSSR count). The Kier molecular flexibility index (Phi) is 4.20. The molecule has 0 spiro atoms. The second-order valence-corrected chi connectivity index (χ2v) is 5.89. The first kappa shape index (κ1) is 15.4.